The smallest absolute Gasteiger partial charge is 0.323 e. The topological polar surface area (TPSA) is 61.6 Å². The SMILES string of the molecule is C[C@H](N)C(=O)O[C@@H](C)[C@H](Oc1ccccc1)c1cccc2ccccc12. The summed E-state index contributed by atoms with van der Waals surface area (Å²) in [4.78, 5) is 12.0. The maximum Gasteiger partial charge on any atom is 0.323 e. The molecule has 0 aliphatic rings. The molecule has 3 aromatic carbocycles. The molecule has 4 nitrogen and oxygen atoms in total. The first-order valence-electron chi connectivity index (χ1n) is 8.71. The lowest BCUT2D eigenvalue weighted by Gasteiger charge is -2.27. The highest BCUT2D eigenvalue weighted by Crippen LogP contribution is 2.31. The van der Waals surface area contributed by atoms with Crippen molar-refractivity contribution in [3.63, 3.8) is 0 Å². The second-order valence-electron chi connectivity index (χ2n) is 6.35. The third kappa shape index (κ3) is 4.03. The molecule has 0 aliphatic heterocycles. The van der Waals surface area contributed by atoms with Gasteiger partial charge in [-0.3, -0.25) is 4.79 Å². The number of para-hydroxylation sites is 1. The Labute approximate surface area is 153 Å². The van der Waals surface area contributed by atoms with Gasteiger partial charge in [0.2, 0.25) is 0 Å². The summed E-state index contributed by atoms with van der Waals surface area (Å²) >= 11 is 0. The lowest BCUT2D eigenvalue weighted by atomic mass is 9.97. The van der Waals surface area contributed by atoms with Gasteiger partial charge in [-0.1, -0.05) is 60.7 Å². The molecular formula is C22H23NO3. The van der Waals surface area contributed by atoms with Crippen LogP contribution in [0.3, 0.4) is 0 Å². The van der Waals surface area contributed by atoms with Crippen molar-refractivity contribution in [3.8, 4) is 5.75 Å². The molecule has 134 valence electrons. The van der Waals surface area contributed by atoms with Crippen LogP contribution in [0, 0.1) is 0 Å². The normalized spacial score (nSPS) is 14.4. The summed E-state index contributed by atoms with van der Waals surface area (Å²) in [5.41, 5.74) is 6.62. The van der Waals surface area contributed by atoms with Gasteiger partial charge in [0.05, 0.1) is 0 Å². The van der Waals surface area contributed by atoms with Gasteiger partial charge in [0, 0.05) is 5.56 Å². The molecule has 0 aromatic heterocycles. The number of carbonyl (C=O) groups excluding carboxylic acids is 1. The zero-order valence-corrected chi connectivity index (χ0v) is 15.0. The zero-order valence-electron chi connectivity index (χ0n) is 15.0. The van der Waals surface area contributed by atoms with Crippen LogP contribution in [0.25, 0.3) is 10.8 Å². The van der Waals surface area contributed by atoms with Crippen LogP contribution in [0.5, 0.6) is 5.75 Å². The van der Waals surface area contributed by atoms with Crippen molar-refractivity contribution in [1.82, 2.24) is 0 Å². The Morgan fingerprint density at radius 1 is 0.885 bits per heavy atom. The first kappa shape index (κ1) is 18.0. The van der Waals surface area contributed by atoms with Crippen LogP contribution in [0.15, 0.2) is 72.8 Å². The van der Waals surface area contributed by atoms with E-state index >= 15 is 0 Å². The largest absolute Gasteiger partial charge is 0.482 e. The molecule has 0 radical (unpaired) electrons. The van der Waals surface area contributed by atoms with Crippen LogP contribution in [0.2, 0.25) is 0 Å². The zero-order chi connectivity index (χ0) is 18.5. The van der Waals surface area contributed by atoms with Crippen LogP contribution in [-0.4, -0.2) is 18.1 Å². The molecule has 0 fully saturated rings. The van der Waals surface area contributed by atoms with E-state index in [1.807, 2.05) is 67.6 Å². The van der Waals surface area contributed by atoms with E-state index in [4.69, 9.17) is 15.2 Å². The summed E-state index contributed by atoms with van der Waals surface area (Å²) in [7, 11) is 0. The van der Waals surface area contributed by atoms with E-state index in [0.29, 0.717) is 5.75 Å². The molecule has 0 amide bonds. The molecule has 0 bridgehead atoms. The van der Waals surface area contributed by atoms with E-state index in [-0.39, 0.29) is 0 Å². The lowest BCUT2D eigenvalue weighted by Crippen LogP contribution is -2.34. The first-order valence-corrected chi connectivity index (χ1v) is 8.71. The highest BCUT2D eigenvalue weighted by molar-refractivity contribution is 5.86. The van der Waals surface area contributed by atoms with Gasteiger partial charge in [-0.2, -0.15) is 0 Å². The molecule has 2 N–H and O–H groups in total. The van der Waals surface area contributed by atoms with Gasteiger partial charge in [0.1, 0.15) is 17.9 Å². The van der Waals surface area contributed by atoms with Gasteiger partial charge in [0.25, 0.3) is 0 Å². The van der Waals surface area contributed by atoms with Crippen LogP contribution in [0.4, 0.5) is 0 Å². The van der Waals surface area contributed by atoms with Crippen LogP contribution in [0.1, 0.15) is 25.5 Å². The second-order valence-corrected chi connectivity index (χ2v) is 6.35. The molecular weight excluding hydrogens is 326 g/mol. The summed E-state index contributed by atoms with van der Waals surface area (Å²) in [6.07, 6.45) is -0.953. The lowest BCUT2D eigenvalue weighted by molar-refractivity contribution is -0.154. The van der Waals surface area contributed by atoms with Crippen molar-refractivity contribution < 1.29 is 14.3 Å². The molecule has 0 unspecified atom stereocenters. The van der Waals surface area contributed by atoms with E-state index in [1.54, 1.807) is 6.92 Å². The van der Waals surface area contributed by atoms with E-state index < -0.39 is 24.2 Å². The van der Waals surface area contributed by atoms with E-state index in [1.165, 1.54) is 0 Å². The fourth-order valence-corrected chi connectivity index (χ4v) is 2.91. The number of rotatable bonds is 6. The number of hydrogen-bond acceptors (Lipinski definition) is 4. The minimum Gasteiger partial charge on any atom is -0.482 e. The number of esters is 1. The molecule has 4 heteroatoms. The summed E-state index contributed by atoms with van der Waals surface area (Å²) < 4.78 is 11.8. The molecule has 26 heavy (non-hydrogen) atoms. The van der Waals surface area contributed by atoms with Crippen molar-refractivity contribution in [3.05, 3.63) is 78.4 Å². The van der Waals surface area contributed by atoms with Gasteiger partial charge in [-0.05, 0) is 36.8 Å². The highest BCUT2D eigenvalue weighted by atomic mass is 16.6. The van der Waals surface area contributed by atoms with Crippen molar-refractivity contribution in [2.75, 3.05) is 0 Å². The summed E-state index contributed by atoms with van der Waals surface area (Å²) in [5.74, 6) is 0.272. The fraction of sp³-hybridized carbons (Fsp3) is 0.227. The van der Waals surface area contributed by atoms with Crippen molar-refractivity contribution in [1.29, 1.82) is 0 Å². The van der Waals surface area contributed by atoms with Crippen LogP contribution >= 0.6 is 0 Å². The average Bonchev–Trinajstić information content (AvgIpc) is 2.66. The summed E-state index contributed by atoms with van der Waals surface area (Å²) in [6.45, 7) is 3.44. The minimum absolute atomic E-state index is 0.445. The molecule has 3 aromatic rings. The molecule has 0 saturated carbocycles. The third-order valence-electron chi connectivity index (χ3n) is 4.24. The average molecular weight is 349 g/mol. The third-order valence-corrected chi connectivity index (χ3v) is 4.24. The van der Waals surface area contributed by atoms with Gasteiger partial charge in [-0.25, -0.2) is 0 Å². The Hall–Kier alpha value is -2.85. The maximum atomic E-state index is 12.0. The number of nitrogens with two attached hydrogens (primary N) is 1. The Morgan fingerprint density at radius 3 is 2.27 bits per heavy atom. The fourth-order valence-electron chi connectivity index (χ4n) is 2.91. The molecule has 0 heterocycles. The molecule has 0 aliphatic carbocycles. The van der Waals surface area contributed by atoms with Gasteiger partial charge < -0.3 is 15.2 Å². The molecule has 3 atom stereocenters. The van der Waals surface area contributed by atoms with Gasteiger partial charge >= 0.3 is 5.97 Å². The molecule has 0 saturated heterocycles. The molecule has 3 rings (SSSR count). The van der Waals surface area contributed by atoms with Crippen molar-refractivity contribution in [2.24, 2.45) is 5.73 Å². The Morgan fingerprint density at radius 2 is 1.54 bits per heavy atom. The number of ether oxygens (including phenoxy) is 2. The number of carbonyl (C=O) groups is 1. The highest BCUT2D eigenvalue weighted by Gasteiger charge is 2.27. The van der Waals surface area contributed by atoms with E-state index in [2.05, 4.69) is 12.1 Å². The predicted octanol–water partition coefficient (Wildman–Crippen LogP) is 4.24. The maximum absolute atomic E-state index is 12.0. The van der Waals surface area contributed by atoms with E-state index in [0.717, 1.165) is 16.3 Å². The van der Waals surface area contributed by atoms with Gasteiger partial charge in [-0.15, -0.1) is 0 Å². The molecule has 0 spiro atoms. The number of hydrogen-bond donors (Lipinski definition) is 1. The predicted molar refractivity (Wildman–Crippen MR) is 103 cm³/mol. The Balaban J connectivity index is 2.00. The summed E-state index contributed by atoms with van der Waals surface area (Å²) in [6, 6.07) is 23.0. The number of benzene rings is 3. The van der Waals surface area contributed by atoms with Gasteiger partial charge in [0.15, 0.2) is 6.10 Å². The van der Waals surface area contributed by atoms with Crippen molar-refractivity contribution in [2.45, 2.75) is 32.1 Å². The van der Waals surface area contributed by atoms with Crippen molar-refractivity contribution >= 4 is 16.7 Å². The Kier molecular flexibility index (Phi) is 5.54. The monoisotopic (exact) mass is 349 g/mol. The number of fused-ring (bicyclic) bond motifs is 1. The standard InChI is InChI=1S/C22H23NO3/c1-15(23)22(24)25-16(2)21(26-18-11-4-3-5-12-18)20-14-8-10-17-9-6-7-13-19(17)20/h3-16,21H,23H2,1-2H3/t15-,16-,21-/m0/s1. The Bertz CT molecular complexity index is 871. The second kappa shape index (κ2) is 8.02. The van der Waals surface area contributed by atoms with Crippen LogP contribution < -0.4 is 10.5 Å². The van der Waals surface area contributed by atoms with Crippen LogP contribution in [-0.2, 0) is 9.53 Å². The quantitative estimate of drug-likeness (QED) is 0.676. The van der Waals surface area contributed by atoms with E-state index in [9.17, 15) is 4.79 Å². The minimum atomic E-state index is -0.678. The summed E-state index contributed by atoms with van der Waals surface area (Å²) in [5, 5.41) is 2.18. The first-order chi connectivity index (χ1) is 12.6.